The molecular weight excluding hydrogens is 467 g/mol. The van der Waals surface area contributed by atoms with Crippen molar-refractivity contribution in [3.8, 4) is 11.1 Å². The number of halogens is 1. The number of carbonyl (C=O) groups is 2. The Morgan fingerprint density at radius 3 is 2.49 bits per heavy atom. The van der Waals surface area contributed by atoms with E-state index in [1.165, 1.54) is 12.1 Å². The van der Waals surface area contributed by atoms with Crippen LogP contribution in [0.5, 0.6) is 0 Å². The number of benzene rings is 2. The van der Waals surface area contributed by atoms with Crippen molar-refractivity contribution in [3.63, 3.8) is 0 Å². The lowest BCUT2D eigenvalue weighted by atomic mass is 9.94. The quantitative estimate of drug-likeness (QED) is 0.428. The number of carbonyl (C=O) groups excluding carboxylic acids is 2. The minimum Gasteiger partial charge on any atom is -0.359 e. The van der Waals surface area contributed by atoms with Crippen LogP contribution < -0.4 is 10.6 Å². The summed E-state index contributed by atoms with van der Waals surface area (Å²) in [4.78, 5) is 31.4. The molecule has 2 amide bonds. The third-order valence-corrected chi connectivity index (χ3v) is 7.40. The zero-order valence-corrected chi connectivity index (χ0v) is 21.7. The maximum atomic E-state index is 13.5. The van der Waals surface area contributed by atoms with Crippen LogP contribution in [0.15, 0.2) is 42.5 Å². The molecule has 3 aromatic rings. The number of amides is 2. The first kappa shape index (κ1) is 25.0. The second kappa shape index (κ2) is 9.98. The van der Waals surface area contributed by atoms with Gasteiger partial charge in [0.1, 0.15) is 5.82 Å². The van der Waals surface area contributed by atoms with Gasteiger partial charge in [-0.25, -0.2) is 4.39 Å². The van der Waals surface area contributed by atoms with Crippen LogP contribution in [-0.2, 0) is 16.0 Å². The van der Waals surface area contributed by atoms with E-state index in [1.807, 2.05) is 43.0 Å². The number of piperazine rings is 1. The number of rotatable bonds is 5. The predicted octanol–water partition coefficient (Wildman–Crippen LogP) is 5.07. The van der Waals surface area contributed by atoms with Gasteiger partial charge in [0.15, 0.2) is 0 Å². The summed E-state index contributed by atoms with van der Waals surface area (Å²) in [5, 5.41) is 6.43. The molecule has 2 aliphatic heterocycles. The van der Waals surface area contributed by atoms with Gasteiger partial charge in [0.05, 0.1) is 5.57 Å². The van der Waals surface area contributed by atoms with Crippen molar-refractivity contribution in [3.05, 3.63) is 76.4 Å². The molecule has 1 fully saturated rings. The molecule has 0 unspecified atom stereocenters. The van der Waals surface area contributed by atoms with E-state index in [4.69, 9.17) is 0 Å². The molecule has 7 heteroatoms. The summed E-state index contributed by atoms with van der Waals surface area (Å²) in [6, 6.07) is 12.6. The molecule has 1 saturated heterocycles. The number of nitrogens with one attached hydrogen (secondary N) is 3. The average Bonchev–Trinajstić information content (AvgIpc) is 3.32. The molecule has 0 bridgehead atoms. The standard InChI is InChI=1S/C30H33FN4O2/c1-17-15-35(16-18(2)32-17)28(36)13-12-23-19(3)27(33-20(23)4)14-25-29-24(21-8-10-22(31)11-9-21)6-5-7-26(29)34-30(25)37/h5-11,14,17-18,32-33H,12-13,15-16H2,1-4H3,(H,34,37)/t17-,18-/m0/s1. The van der Waals surface area contributed by atoms with Crippen molar-refractivity contribution >= 4 is 29.2 Å². The van der Waals surface area contributed by atoms with Crippen molar-refractivity contribution in [2.24, 2.45) is 0 Å². The van der Waals surface area contributed by atoms with Gasteiger partial charge >= 0.3 is 0 Å². The van der Waals surface area contributed by atoms with Crippen molar-refractivity contribution in [2.75, 3.05) is 18.4 Å². The number of H-pyrrole nitrogens is 1. The van der Waals surface area contributed by atoms with Crippen LogP contribution >= 0.6 is 0 Å². The Kier molecular flexibility index (Phi) is 6.73. The Hall–Kier alpha value is -3.71. The molecular formula is C30H33FN4O2. The van der Waals surface area contributed by atoms with Crippen LogP contribution in [0.25, 0.3) is 22.8 Å². The largest absolute Gasteiger partial charge is 0.359 e. The molecule has 3 heterocycles. The highest BCUT2D eigenvalue weighted by molar-refractivity contribution is 6.36. The molecule has 0 saturated carbocycles. The maximum absolute atomic E-state index is 13.5. The van der Waals surface area contributed by atoms with Crippen LogP contribution in [-0.4, -0.2) is 46.9 Å². The Morgan fingerprint density at radius 2 is 1.78 bits per heavy atom. The average molecular weight is 501 g/mol. The van der Waals surface area contributed by atoms with E-state index in [1.54, 1.807) is 12.1 Å². The number of fused-ring (bicyclic) bond motifs is 1. The number of aromatic amines is 1. The fourth-order valence-electron chi connectivity index (χ4n) is 5.66. The van der Waals surface area contributed by atoms with E-state index in [0.29, 0.717) is 30.5 Å². The van der Waals surface area contributed by atoms with Crippen molar-refractivity contribution in [1.29, 1.82) is 0 Å². The second-order valence-corrected chi connectivity index (χ2v) is 10.3. The Balaban J connectivity index is 1.42. The van der Waals surface area contributed by atoms with E-state index >= 15 is 0 Å². The van der Waals surface area contributed by atoms with Gasteiger partial charge in [-0.1, -0.05) is 24.3 Å². The lowest BCUT2D eigenvalue weighted by Gasteiger charge is -2.36. The summed E-state index contributed by atoms with van der Waals surface area (Å²) in [6.07, 6.45) is 2.99. The van der Waals surface area contributed by atoms with Crippen LogP contribution in [0.4, 0.5) is 10.1 Å². The second-order valence-electron chi connectivity index (χ2n) is 10.3. The number of aryl methyl sites for hydroxylation is 1. The molecule has 2 aromatic carbocycles. The number of aromatic nitrogens is 1. The smallest absolute Gasteiger partial charge is 0.256 e. The number of hydrogen-bond donors (Lipinski definition) is 3. The summed E-state index contributed by atoms with van der Waals surface area (Å²) >= 11 is 0. The van der Waals surface area contributed by atoms with Crippen molar-refractivity contribution in [1.82, 2.24) is 15.2 Å². The van der Waals surface area contributed by atoms with Gasteiger partial charge in [0.2, 0.25) is 5.91 Å². The molecule has 2 aliphatic rings. The molecule has 0 spiro atoms. The van der Waals surface area contributed by atoms with E-state index in [9.17, 15) is 14.0 Å². The third kappa shape index (κ3) is 4.96. The molecule has 2 atom stereocenters. The lowest BCUT2D eigenvalue weighted by molar-refractivity contribution is -0.132. The van der Waals surface area contributed by atoms with Gasteiger partial charge in [-0.3, -0.25) is 9.59 Å². The number of hydrogen-bond acceptors (Lipinski definition) is 3. The minimum absolute atomic E-state index is 0.171. The molecule has 37 heavy (non-hydrogen) atoms. The van der Waals surface area contributed by atoms with Gasteiger partial charge in [-0.05, 0) is 80.6 Å². The van der Waals surface area contributed by atoms with E-state index in [-0.39, 0.29) is 17.6 Å². The highest BCUT2D eigenvalue weighted by atomic mass is 19.1. The highest BCUT2D eigenvalue weighted by Crippen LogP contribution is 2.40. The Bertz CT molecular complexity index is 1380. The van der Waals surface area contributed by atoms with Gasteiger partial charge < -0.3 is 20.5 Å². The Labute approximate surface area is 217 Å². The van der Waals surface area contributed by atoms with Crippen LogP contribution in [0, 0.1) is 19.7 Å². The lowest BCUT2D eigenvalue weighted by Crippen LogP contribution is -2.55. The molecule has 5 rings (SSSR count). The van der Waals surface area contributed by atoms with Gasteiger partial charge in [-0.2, -0.15) is 0 Å². The summed E-state index contributed by atoms with van der Waals surface area (Å²) < 4.78 is 13.5. The first-order valence-corrected chi connectivity index (χ1v) is 12.9. The molecule has 6 nitrogen and oxygen atoms in total. The van der Waals surface area contributed by atoms with Gasteiger partial charge in [0, 0.05) is 54.2 Å². The molecule has 1 aromatic heterocycles. The highest BCUT2D eigenvalue weighted by Gasteiger charge is 2.28. The van der Waals surface area contributed by atoms with Crippen LogP contribution in [0.1, 0.15) is 48.3 Å². The molecule has 0 radical (unpaired) electrons. The first-order valence-electron chi connectivity index (χ1n) is 12.9. The van der Waals surface area contributed by atoms with Gasteiger partial charge in [0.25, 0.3) is 5.91 Å². The van der Waals surface area contributed by atoms with E-state index < -0.39 is 0 Å². The fraction of sp³-hybridized carbons (Fsp3) is 0.333. The van der Waals surface area contributed by atoms with E-state index in [0.717, 1.165) is 58.0 Å². The van der Waals surface area contributed by atoms with Crippen LogP contribution in [0.2, 0.25) is 0 Å². The molecule has 192 valence electrons. The maximum Gasteiger partial charge on any atom is 0.256 e. The number of nitrogens with zero attached hydrogens (tertiary/aromatic N) is 1. The van der Waals surface area contributed by atoms with Gasteiger partial charge in [-0.15, -0.1) is 0 Å². The summed E-state index contributed by atoms with van der Waals surface area (Å²) in [5.41, 5.74) is 7.84. The fourth-order valence-corrected chi connectivity index (χ4v) is 5.66. The summed E-state index contributed by atoms with van der Waals surface area (Å²) in [5.74, 6) is -0.297. The molecule has 3 N–H and O–H groups in total. The summed E-state index contributed by atoms with van der Waals surface area (Å²) in [7, 11) is 0. The van der Waals surface area contributed by atoms with Crippen molar-refractivity contribution < 1.29 is 14.0 Å². The topological polar surface area (TPSA) is 77.2 Å². The number of anilines is 1. The SMILES string of the molecule is Cc1[nH]c(C=C2C(=O)Nc3cccc(-c4ccc(F)cc4)c32)c(C)c1CCC(=O)N1C[C@H](C)N[C@@H](C)C1. The molecule has 0 aliphatic carbocycles. The third-order valence-electron chi connectivity index (χ3n) is 7.40. The van der Waals surface area contributed by atoms with Crippen molar-refractivity contribution in [2.45, 2.75) is 52.6 Å². The van der Waals surface area contributed by atoms with Crippen LogP contribution in [0.3, 0.4) is 0 Å². The zero-order chi connectivity index (χ0) is 26.3. The van der Waals surface area contributed by atoms with E-state index in [2.05, 4.69) is 29.5 Å². The normalized spacial score (nSPS) is 20.3. The summed E-state index contributed by atoms with van der Waals surface area (Å²) in [6.45, 7) is 9.72. The Morgan fingerprint density at radius 1 is 1.08 bits per heavy atom. The first-order chi connectivity index (χ1) is 17.7. The zero-order valence-electron chi connectivity index (χ0n) is 21.7. The monoisotopic (exact) mass is 500 g/mol. The minimum atomic E-state index is -0.300. The predicted molar refractivity (Wildman–Crippen MR) is 146 cm³/mol.